The lowest BCUT2D eigenvalue weighted by molar-refractivity contribution is 1.28. The molecule has 420 valence electrons. The first-order valence-corrected chi connectivity index (χ1v) is 30.5. The van der Waals surface area contributed by atoms with Crippen LogP contribution in [0.3, 0.4) is 0 Å². The summed E-state index contributed by atoms with van der Waals surface area (Å²) in [7, 11) is 0. The topological polar surface area (TPSA) is 9.72 Å². The van der Waals surface area contributed by atoms with Crippen molar-refractivity contribution in [3.63, 3.8) is 0 Å². The van der Waals surface area contributed by atoms with E-state index < -0.39 is 0 Å². The summed E-state index contributed by atoms with van der Waals surface area (Å²) in [5, 5.41) is 4.84. The van der Waals surface area contributed by atoms with E-state index in [-0.39, 0.29) is 0 Å². The molecular formula is C86H61N3. The highest BCUT2D eigenvalue weighted by Gasteiger charge is 2.19. The van der Waals surface area contributed by atoms with Gasteiger partial charge in [-0.05, 0) is 175 Å². The van der Waals surface area contributed by atoms with Gasteiger partial charge >= 0.3 is 0 Å². The Morgan fingerprint density at radius 2 is 0.315 bits per heavy atom. The molecular weight excluding hydrogens is 1070 g/mol. The molecule has 15 rings (SSSR count). The summed E-state index contributed by atoms with van der Waals surface area (Å²) in [5.41, 5.74) is 24.1. The SMILES string of the molecule is c1ccc(-c2ccc(N(c3ccc(-c4ccc(-c5ccc(N(c6ccccc6)c6ccc(-c7ccc(-c8ccc(N(c9ccc(-c%10ccccc%10)cc9)c9cccc%10ccccc9%10)cc8)cc7)cc6)cc5)cc4)cc3)c3cccc4ccccc34)cc2)cc1. The van der Waals surface area contributed by atoms with Crippen LogP contribution in [0.5, 0.6) is 0 Å². The van der Waals surface area contributed by atoms with Crippen molar-refractivity contribution in [1.29, 1.82) is 0 Å². The van der Waals surface area contributed by atoms with E-state index in [0.717, 1.165) is 62.3 Å². The van der Waals surface area contributed by atoms with Crippen LogP contribution in [0, 0.1) is 0 Å². The Morgan fingerprint density at radius 1 is 0.124 bits per heavy atom. The second-order valence-electron chi connectivity index (χ2n) is 22.5. The van der Waals surface area contributed by atoms with Crippen molar-refractivity contribution >= 4 is 72.7 Å². The average molecular weight is 1140 g/mol. The van der Waals surface area contributed by atoms with E-state index in [4.69, 9.17) is 0 Å². The van der Waals surface area contributed by atoms with E-state index in [0.29, 0.717) is 0 Å². The summed E-state index contributed by atoms with van der Waals surface area (Å²) < 4.78 is 0. The van der Waals surface area contributed by atoms with E-state index in [1.165, 1.54) is 77.2 Å². The number of anilines is 9. The lowest BCUT2D eigenvalue weighted by atomic mass is 9.99. The molecule has 3 nitrogen and oxygen atoms in total. The van der Waals surface area contributed by atoms with Crippen molar-refractivity contribution in [2.45, 2.75) is 0 Å². The molecule has 0 spiro atoms. The van der Waals surface area contributed by atoms with Gasteiger partial charge in [-0.1, -0.05) is 273 Å². The van der Waals surface area contributed by atoms with Crippen molar-refractivity contribution in [3.05, 3.63) is 370 Å². The van der Waals surface area contributed by atoms with Gasteiger partial charge in [0.15, 0.2) is 0 Å². The number of benzene rings is 15. The van der Waals surface area contributed by atoms with E-state index in [1.807, 2.05) is 0 Å². The van der Waals surface area contributed by atoms with Crippen LogP contribution in [0.2, 0.25) is 0 Å². The maximum atomic E-state index is 2.37. The zero-order valence-corrected chi connectivity index (χ0v) is 49.1. The van der Waals surface area contributed by atoms with Crippen LogP contribution in [0.4, 0.5) is 51.2 Å². The van der Waals surface area contributed by atoms with Crippen molar-refractivity contribution in [1.82, 2.24) is 0 Å². The highest BCUT2D eigenvalue weighted by atomic mass is 15.2. The summed E-state index contributed by atoms with van der Waals surface area (Å²) in [6.45, 7) is 0. The van der Waals surface area contributed by atoms with Gasteiger partial charge in [-0.2, -0.15) is 0 Å². The molecule has 0 atom stereocenters. The zero-order chi connectivity index (χ0) is 59.3. The maximum Gasteiger partial charge on any atom is 0.0540 e. The molecule has 0 fully saturated rings. The second-order valence-corrected chi connectivity index (χ2v) is 22.5. The van der Waals surface area contributed by atoms with Crippen LogP contribution in [0.25, 0.3) is 88.3 Å². The van der Waals surface area contributed by atoms with Gasteiger partial charge in [0.1, 0.15) is 0 Å². The van der Waals surface area contributed by atoms with Gasteiger partial charge in [0.25, 0.3) is 0 Å². The summed E-state index contributed by atoms with van der Waals surface area (Å²) in [6.07, 6.45) is 0. The van der Waals surface area contributed by atoms with Gasteiger partial charge < -0.3 is 14.7 Å². The van der Waals surface area contributed by atoms with E-state index in [1.54, 1.807) is 0 Å². The van der Waals surface area contributed by atoms with E-state index in [9.17, 15) is 0 Å². The minimum Gasteiger partial charge on any atom is -0.311 e. The van der Waals surface area contributed by atoms with Gasteiger partial charge in [-0.25, -0.2) is 0 Å². The first-order valence-electron chi connectivity index (χ1n) is 30.5. The summed E-state index contributed by atoms with van der Waals surface area (Å²) in [6, 6.07) is 134. The number of hydrogen-bond acceptors (Lipinski definition) is 3. The molecule has 0 aliphatic heterocycles. The Balaban J connectivity index is 0.647. The largest absolute Gasteiger partial charge is 0.311 e. The number of fused-ring (bicyclic) bond motifs is 2. The molecule has 0 aromatic heterocycles. The number of rotatable bonds is 15. The Morgan fingerprint density at radius 3 is 0.596 bits per heavy atom. The normalized spacial score (nSPS) is 11.1. The number of para-hydroxylation sites is 1. The Bertz CT molecular complexity index is 4550. The molecule has 0 aliphatic carbocycles. The van der Waals surface area contributed by atoms with Crippen LogP contribution in [-0.4, -0.2) is 0 Å². The smallest absolute Gasteiger partial charge is 0.0540 e. The fraction of sp³-hybridized carbons (Fsp3) is 0. The van der Waals surface area contributed by atoms with Gasteiger partial charge in [-0.15, -0.1) is 0 Å². The molecule has 0 amide bonds. The molecule has 89 heavy (non-hydrogen) atoms. The first kappa shape index (κ1) is 53.9. The summed E-state index contributed by atoms with van der Waals surface area (Å²) in [5.74, 6) is 0. The third-order valence-electron chi connectivity index (χ3n) is 17.1. The monoisotopic (exact) mass is 1140 g/mol. The molecule has 0 N–H and O–H groups in total. The highest BCUT2D eigenvalue weighted by Crippen LogP contribution is 2.44. The van der Waals surface area contributed by atoms with Crippen LogP contribution in [0.15, 0.2) is 370 Å². The maximum absolute atomic E-state index is 2.37. The van der Waals surface area contributed by atoms with Crippen molar-refractivity contribution in [3.8, 4) is 66.8 Å². The summed E-state index contributed by atoms with van der Waals surface area (Å²) in [4.78, 5) is 7.07. The van der Waals surface area contributed by atoms with E-state index >= 15 is 0 Å². The fourth-order valence-corrected chi connectivity index (χ4v) is 12.5. The molecule has 15 aromatic rings. The van der Waals surface area contributed by atoms with Crippen LogP contribution < -0.4 is 14.7 Å². The second kappa shape index (κ2) is 24.3. The van der Waals surface area contributed by atoms with Crippen molar-refractivity contribution < 1.29 is 0 Å². The van der Waals surface area contributed by atoms with Gasteiger partial charge in [0.05, 0.1) is 11.4 Å². The molecule has 0 unspecified atom stereocenters. The molecule has 0 bridgehead atoms. The molecule has 0 saturated carbocycles. The van der Waals surface area contributed by atoms with Gasteiger partial charge in [0, 0.05) is 50.6 Å². The van der Waals surface area contributed by atoms with Gasteiger partial charge in [0.2, 0.25) is 0 Å². The van der Waals surface area contributed by atoms with Crippen molar-refractivity contribution in [2.24, 2.45) is 0 Å². The van der Waals surface area contributed by atoms with Gasteiger partial charge in [-0.3, -0.25) is 0 Å². The molecule has 0 heterocycles. The standard InChI is InChI=1S/C86H61N3/c1-4-16-62(17-5-1)68-42-54-79(55-43-68)88(85-28-14-22-74-20-10-12-26-83(74)85)81-58-46-72(47-59-81)66-34-30-64(31-35-66)70-38-50-77(51-39-70)87(76-24-8-3-9-25-76)78-52-40-71(41-53-78)65-32-36-67(37-33-65)73-48-60-82(61-49-73)89(86-29-15-23-75-21-11-13-27-84(75)86)80-56-44-69(45-57-80)63-18-6-2-7-19-63/h1-61H. The minimum atomic E-state index is 1.09. The van der Waals surface area contributed by atoms with Crippen LogP contribution in [0.1, 0.15) is 0 Å². The predicted octanol–water partition coefficient (Wildman–Crippen LogP) is 24.4. The van der Waals surface area contributed by atoms with Crippen LogP contribution in [-0.2, 0) is 0 Å². The molecule has 0 aliphatic rings. The summed E-state index contributed by atoms with van der Waals surface area (Å²) >= 11 is 0. The first-order chi connectivity index (χ1) is 44.1. The quantitative estimate of drug-likeness (QED) is 0.101. The third-order valence-corrected chi connectivity index (χ3v) is 17.1. The fourth-order valence-electron chi connectivity index (χ4n) is 12.5. The minimum absolute atomic E-state index is 1.09. The highest BCUT2D eigenvalue weighted by molar-refractivity contribution is 6.01. The third kappa shape index (κ3) is 11.1. The molecule has 3 heteroatoms. The Labute approximate surface area is 521 Å². The molecule has 0 saturated heterocycles. The van der Waals surface area contributed by atoms with Crippen molar-refractivity contribution in [2.75, 3.05) is 14.7 Å². The number of hydrogen-bond donors (Lipinski definition) is 0. The predicted molar refractivity (Wildman–Crippen MR) is 378 cm³/mol. The Kier molecular flexibility index (Phi) is 14.7. The average Bonchev–Trinajstić information content (AvgIpc) is 3.13. The molecule has 0 radical (unpaired) electrons. The van der Waals surface area contributed by atoms with Crippen LogP contribution >= 0.6 is 0 Å². The lowest BCUT2D eigenvalue weighted by Crippen LogP contribution is -2.10. The molecule has 15 aromatic carbocycles. The zero-order valence-electron chi connectivity index (χ0n) is 49.1. The van der Waals surface area contributed by atoms with E-state index in [2.05, 4.69) is 385 Å². The Hall–Kier alpha value is -11.8. The number of nitrogens with zero attached hydrogens (tertiary/aromatic N) is 3. The lowest BCUT2D eigenvalue weighted by Gasteiger charge is -2.27.